The van der Waals surface area contributed by atoms with Crippen molar-refractivity contribution in [2.24, 2.45) is 4.99 Å². The van der Waals surface area contributed by atoms with Crippen LogP contribution in [0, 0.1) is 0 Å². The molecule has 0 fully saturated rings. The average molecular weight is 153 g/mol. The van der Waals surface area contributed by atoms with Crippen LogP contribution < -0.4 is 0 Å². The Labute approximate surface area is 59.5 Å². The van der Waals surface area contributed by atoms with Crippen LogP contribution in [0.5, 0.6) is 0 Å². The summed E-state index contributed by atoms with van der Waals surface area (Å²) in [7, 11) is -1.16. The molecule has 1 aromatic heterocycles. The summed E-state index contributed by atoms with van der Waals surface area (Å²) >= 11 is 0. The maximum atomic E-state index is 10.9. The Hall–Kier alpha value is -1.10. The van der Waals surface area contributed by atoms with E-state index >= 15 is 0 Å². The third-order valence-corrected chi connectivity index (χ3v) is 2.11. The van der Waals surface area contributed by atoms with Crippen LogP contribution in [0.1, 0.15) is 0 Å². The van der Waals surface area contributed by atoms with Gasteiger partial charge in [0.1, 0.15) is 16.5 Å². The van der Waals surface area contributed by atoms with Crippen LogP contribution in [0.25, 0.3) is 0 Å². The van der Waals surface area contributed by atoms with Gasteiger partial charge in [-0.2, -0.15) is 5.10 Å². The molecule has 50 valence electrons. The van der Waals surface area contributed by atoms with Gasteiger partial charge in [0.25, 0.3) is 0 Å². The minimum Gasteiger partial charge on any atom is -0.246 e. The van der Waals surface area contributed by atoms with Gasteiger partial charge < -0.3 is 0 Å². The quantitative estimate of drug-likeness (QED) is 0.537. The standard InChI is InChI=1S/C5H3N3OS/c9-10-3-6-4-1-2-7-8-5(4)10/h1-3H. The molecule has 0 aromatic carbocycles. The number of rotatable bonds is 0. The number of aliphatic imine (C=N–C) groups is 1. The number of fused-ring (bicyclic) bond motifs is 1. The summed E-state index contributed by atoms with van der Waals surface area (Å²) < 4.78 is 10.9. The Kier molecular flexibility index (Phi) is 1.10. The van der Waals surface area contributed by atoms with E-state index in [1.165, 1.54) is 11.7 Å². The summed E-state index contributed by atoms with van der Waals surface area (Å²) in [5, 5.41) is 7.71. The molecule has 1 atom stereocenters. The minimum atomic E-state index is -1.16. The maximum Gasteiger partial charge on any atom is 0.181 e. The molecule has 0 saturated carbocycles. The normalized spacial score (nSPS) is 21.0. The van der Waals surface area contributed by atoms with Crippen molar-refractivity contribution in [3.8, 4) is 0 Å². The highest BCUT2D eigenvalue weighted by atomic mass is 32.2. The van der Waals surface area contributed by atoms with Gasteiger partial charge in [0.2, 0.25) is 0 Å². The Balaban J connectivity index is 2.70. The fourth-order valence-electron chi connectivity index (χ4n) is 0.708. The van der Waals surface area contributed by atoms with Crippen molar-refractivity contribution in [3.63, 3.8) is 0 Å². The fraction of sp³-hybridized carbons (Fsp3) is 0. The number of aromatic nitrogens is 2. The second kappa shape index (κ2) is 1.95. The zero-order valence-electron chi connectivity index (χ0n) is 4.89. The predicted octanol–water partition coefficient (Wildman–Crippen LogP) is 0.258. The zero-order valence-corrected chi connectivity index (χ0v) is 5.71. The molecule has 1 aromatic rings. The van der Waals surface area contributed by atoms with Gasteiger partial charge in [0.15, 0.2) is 5.03 Å². The van der Waals surface area contributed by atoms with Crippen LogP contribution in [0.15, 0.2) is 22.3 Å². The average Bonchev–Trinajstić information content (AvgIpc) is 2.34. The van der Waals surface area contributed by atoms with Crippen molar-refractivity contribution in [2.45, 2.75) is 5.03 Å². The SMILES string of the molecule is O=S1C=Nc2ccnnc21. The number of hydrogen-bond acceptors (Lipinski definition) is 4. The Morgan fingerprint density at radius 3 is 3.20 bits per heavy atom. The zero-order chi connectivity index (χ0) is 6.97. The predicted molar refractivity (Wildman–Crippen MR) is 36.6 cm³/mol. The van der Waals surface area contributed by atoms with Gasteiger partial charge in [-0.1, -0.05) is 0 Å². The number of hydrogen-bond donors (Lipinski definition) is 0. The van der Waals surface area contributed by atoms with Crippen LogP contribution in [-0.4, -0.2) is 20.0 Å². The van der Waals surface area contributed by atoms with Crippen molar-refractivity contribution < 1.29 is 4.21 Å². The van der Waals surface area contributed by atoms with Gasteiger partial charge >= 0.3 is 0 Å². The van der Waals surface area contributed by atoms with Crippen LogP contribution in [0.2, 0.25) is 0 Å². The Morgan fingerprint density at radius 1 is 1.50 bits per heavy atom. The van der Waals surface area contributed by atoms with Crippen LogP contribution in [-0.2, 0) is 10.8 Å². The molecular formula is C5H3N3OS. The van der Waals surface area contributed by atoms with Gasteiger partial charge in [0, 0.05) is 0 Å². The third kappa shape index (κ3) is 0.672. The van der Waals surface area contributed by atoms with Crippen LogP contribution in [0.4, 0.5) is 5.69 Å². The molecule has 0 spiro atoms. The molecule has 2 heterocycles. The first-order chi connectivity index (χ1) is 4.88. The first kappa shape index (κ1) is 5.67. The molecule has 5 heteroatoms. The van der Waals surface area contributed by atoms with Gasteiger partial charge in [-0.25, -0.2) is 9.20 Å². The van der Waals surface area contributed by atoms with Crippen molar-refractivity contribution in [1.29, 1.82) is 0 Å². The monoisotopic (exact) mass is 153 g/mol. The Bertz CT molecular complexity index is 322. The summed E-state index contributed by atoms with van der Waals surface area (Å²) in [5.41, 5.74) is 2.02. The van der Waals surface area contributed by atoms with E-state index in [4.69, 9.17) is 0 Å². The summed E-state index contributed by atoms with van der Waals surface area (Å²) in [4.78, 5) is 3.85. The molecule has 0 amide bonds. The van der Waals surface area contributed by atoms with Crippen LogP contribution in [0.3, 0.4) is 0 Å². The minimum absolute atomic E-state index is 0.461. The van der Waals surface area contributed by atoms with E-state index in [1.54, 1.807) is 6.07 Å². The molecule has 1 unspecified atom stereocenters. The largest absolute Gasteiger partial charge is 0.246 e. The molecule has 10 heavy (non-hydrogen) atoms. The van der Waals surface area contributed by atoms with E-state index in [0.717, 1.165) is 0 Å². The topological polar surface area (TPSA) is 55.2 Å². The summed E-state index contributed by atoms with van der Waals surface area (Å²) in [6.45, 7) is 0. The highest BCUT2D eigenvalue weighted by molar-refractivity contribution is 7.99. The van der Waals surface area contributed by atoms with Crippen molar-refractivity contribution in [3.05, 3.63) is 12.3 Å². The van der Waals surface area contributed by atoms with Crippen molar-refractivity contribution in [2.75, 3.05) is 0 Å². The third-order valence-electron chi connectivity index (χ3n) is 1.14. The van der Waals surface area contributed by atoms with E-state index in [9.17, 15) is 4.21 Å². The summed E-state index contributed by atoms with van der Waals surface area (Å²) in [6.07, 6.45) is 1.53. The van der Waals surface area contributed by atoms with E-state index in [0.29, 0.717) is 10.7 Å². The molecular weight excluding hydrogens is 150 g/mol. The van der Waals surface area contributed by atoms with Gasteiger partial charge in [-0.15, -0.1) is 5.10 Å². The molecule has 0 N–H and O–H groups in total. The lowest BCUT2D eigenvalue weighted by Gasteiger charge is -1.88. The molecule has 1 aliphatic heterocycles. The first-order valence-corrected chi connectivity index (χ1v) is 3.86. The van der Waals surface area contributed by atoms with Crippen molar-refractivity contribution in [1.82, 2.24) is 10.2 Å². The van der Waals surface area contributed by atoms with E-state index in [-0.39, 0.29) is 0 Å². The summed E-state index contributed by atoms with van der Waals surface area (Å²) in [5.74, 6) is 0. The maximum absolute atomic E-state index is 10.9. The molecule has 0 bridgehead atoms. The van der Waals surface area contributed by atoms with E-state index in [1.807, 2.05) is 0 Å². The van der Waals surface area contributed by atoms with E-state index < -0.39 is 10.8 Å². The van der Waals surface area contributed by atoms with Crippen molar-refractivity contribution >= 4 is 22.0 Å². The first-order valence-electron chi connectivity index (χ1n) is 2.64. The number of nitrogens with zero attached hydrogens (tertiary/aromatic N) is 3. The lowest BCUT2D eigenvalue weighted by molar-refractivity contribution is 0.687. The fourth-order valence-corrected chi connectivity index (χ4v) is 1.47. The second-order valence-corrected chi connectivity index (χ2v) is 2.95. The molecule has 0 saturated heterocycles. The lowest BCUT2D eigenvalue weighted by Crippen LogP contribution is -1.90. The summed E-state index contributed by atoms with van der Waals surface area (Å²) in [6, 6.07) is 1.68. The van der Waals surface area contributed by atoms with Crippen LogP contribution >= 0.6 is 0 Å². The molecule has 0 aliphatic carbocycles. The highest BCUT2D eigenvalue weighted by Crippen LogP contribution is 2.22. The molecule has 2 rings (SSSR count). The molecule has 1 aliphatic rings. The lowest BCUT2D eigenvalue weighted by atomic mass is 10.5. The van der Waals surface area contributed by atoms with Gasteiger partial charge in [-0.3, -0.25) is 0 Å². The second-order valence-electron chi connectivity index (χ2n) is 1.75. The van der Waals surface area contributed by atoms with Gasteiger partial charge in [-0.05, 0) is 6.07 Å². The molecule has 4 nitrogen and oxygen atoms in total. The Morgan fingerprint density at radius 2 is 2.40 bits per heavy atom. The smallest absolute Gasteiger partial charge is 0.181 e. The van der Waals surface area contributed by atoms with Gasteiger partial charge in [0.05, 0.1) is 11.7 Å². The molecule has 0 radical (unpaired) electrons. The highest BCUT2D eigenvalue weighted by Gasteiger charge is 2.14. The van der Waals surface area contributed by atoms with E-state index in [2.05, 4.69) is 15.2 Å².